The maximum absolute atomic E-state index is 13.0. The van der Waals surface area contributed by atoms with Crippen molar-refractivity contribution >= 4 is 17.7 Å². The Morgan fingerprint density at radius 2 is 1.69 bits per heavy atom. The van der Waals surface area contributed by atoms with Crippen molar-refractivity contribution < 1.29 is 14.3 Å². The van der Waals surface area contributed by atoms with E-state index in [1.807, 2.05) is 81.4 Å². The number of methoxy groups -OCH3 is 1. The van der Waals surface area contributed by atoms with Crippen molar-refractivity contribution in [3.8, 4) is 5.75 Å². The number of carbonyl (C=O) groups is 1. The maximum Gasteiger partial charge on any atom is 0.320 e. The van der Waals surface area contributed by atoms with E-state index >= 15 is 0 Å². The predicted molar refractivity (Wildman–Crippen MR) is 108 cm³/mol. The van der Waals surface area contributed by atoms with Crippen molar-refractivity contribution in [1.29, 1.82) is 0 Å². The molecule has 3 nitrogen and oxygen atoms in total. The molecule has 0 aliphatic heterocycles. The van der Waals surface area contributed by atoms with Crippen molar-refractivity contribution in [2.75, 3.05) is 7.11 Å². The Morgan fingerprint density at radius 3 is 2.27 bits per heavy atom. The number of hydrogen-bond donors (Lipinski definition) is 0. The first kappa shape index (κ1) is 20.1. The van der Waals surface area contributed by atoms with Crippen LogP contribution >= 0.6 is 11.8 Å². The molecule has 2 aromatic rings. The first-order chi connectivity index (χ1) is 12.4. The van der Waals surface area contributed by atoms with Gasteiger partial charge in [-0.3, -0.25) is 4.79 Å². The van der Waals surface area contributed by atoms with Crippen LogP contribution in [0.1, 0.15) is 32.3 Å². The number of esters is 1. The van der Waals surface area contributed by atoms with Gasteiger partial charge in [-0.15, -0.1) is 18.3 Å². The zero-order valence-corrected chi connectivity index (χ0v) is 16.6. The third-order valence-corrected chi connectivity index (χ3v) is 5.06. The molecule has 0 aromatic heterocycles. The van der Waals surface area contributed by atoms with Crippen LogP contribution in [-0.2, 0) is 9.53 Å². The Morgan fingerprint density at radius 1 is 1.08 bits per heavy atom. The Hall–Kier alpha value is -2.20. The third kappa shape index (κ3) is 5.40. The second-order valence-electron chi connectivity index (χ2n) is 6.89. The molecule has 0 aliphatic rings. The summed E-state index contributed by atoms with van der Waals surface area (Å²) in [6.45, 7) is 9.60. The number of ether oxygens (including phenoxy) is 2. The van der Waals surface area contributed by atoms with Gasteiger partial charge >= 0.3 is 5.97 Å². The largest absolute Gasteiger partial charge is 0.496 e. The highest BCUT2D eigenvalue weighted by atomic mass is 32.2. The third-order valence-electron chi connectivity index (χ3n) is 3.73. The summed E-state index contributed by atoms with van der Waals surface area (Å²) in [6.07, 6.45) is 1.81. The van der Waals surface area contributed by atoms with Crippen LogP contribution in [0.25, 0.3) is 0 Å². The van der Waals surface area contributed by atoms with Gasteiger partial charge < -0.3 is 9.47 Å². The molecule has 2 atom stereocenters. The van der Waals surface area contributed by atoms with Gasteiger partial charge in [0.05, 0.1) is 12.0 Å². The normalized spacial score (nSPS) is 13.5. The van der Waals surface area contributed by atoms with E-state index in [1.165, 1.54) is 11.8 Å². The van der Waals surface area contributed by atoms with Gasteiger partial charge in [0.25, 0.3) is 0 Å². The number of thioether (sulfide) groups is 1. The number of rotatable bonds is 7. The van der Waals surface area contributed by atoms with Crippen LogP contribution in [0.4, 0.5) is 0 Å². The zero-order valence-electron chi connectivity index (χ0n) is 15.8. The van der Waals surface area contributed by atoms with Crippen molar-refractivity contribution in [2.45, 2.75) is 42.4 Å². The minimum atomic E-state index is -0.556. The maximum atomic E-state index is 13.0. The topological polar surface area (TPSA) is 35.5 Å². The highest BCUT2D eigenvalue weighted by Gasteiger charge is 2.33. The van der Waals surface area contributed by atoms with Gasteiger partial charge in [0.1, 0.15) is 16.6 Å². The molecule has 0 radical (unpaired) electrons. The molecule has 0 N–H and O–H groups in total. The van der Waals surface area contributed by atoms with E-state index in [1.54, 1.807) is 7.11 Å². The highest BCUT2D eigenvalue weighted by molar-refractivity contribution is 8.00. The van der Waals surface area contributed by atoms with Crippen molar-refractivity contribution in [2.24, 2.45) is 0 Å². The minimum absolute atomic E-state index is 0.180. The molecular weight excluding hydrogens is 344 g/mol. The molecule has 0 unspecified atom stereocenters. The monoisotopic (exact) mass is 370 g/mol. The molecule has 26 heavy (non-hydrogen) atoms. The summed E-state index contributed by atoms with van der Waals surface area (Å²) in [5.74, 6) is 0.296. The molecule has 0 spiro atoms. The molecule has 0 heterocycles. The standard InChI is InChI=1S/C22H26O3S/c1-6-17(16-12-8-7-9-13-16)20(21(23)25-22(2,3)4)26-19-15-11-10-14-18(19)24-5/h6-15,17,20H,1H2,2-5H3/t17-,20-/m1/s1. The lowest BCUT2D eigenvalue weighted by molar-refractivity contribution is -0.154. The van der Waals surface area contributed by atoms with E-state index in [9.17, 15) is 4.79 Å². The van der Waals surface area contributed by atoms with Gasteiger partial charge in [0, 0.05) is 5.92 Å². The number of hydrogen-bond acceptors (Lipinski definition) is 4. The fourth-order valence-electron chi connectivity index (χ4n) is 2.59. The number of para-hydroxylation sites is 1. The zero-order chi connectivity index (χ0) is 19.2. The predicted octanol–water partition coefficient (Wildman–Crippen LogP) is 5.47. The minimum Gasteiger partial charge on any atom is -0.496 e. The van der Waals surface area contributed by atoms with Gasteiger partial charge in [-0.25, -0.2) is 0 Å². The van der Waals surface area contributed by atoms with Crippen molar-refractivity contribution in [3.05, 3.63) is 72.8 Å². The average molecular weight is 371 g/mol. The van der Waals surface area contributed by atoms with Gasteiger partial charge in [-0.05, 0) is 38.5 Å². The van der Waals surface area contributed by atoms with Crippen LogP contribution < -0.4 is 4.74 Å². The molecule has 0 aliphatic carbocycles. The van der Waals surface area contributed by atoms with E-state index in [2.05, 4.69) is 6.58 Å². The molecule has 0 amide bonds. The quantitative estimate of drug-likeness (QED) is 0.368. The molecular formula is C22H26O3S. The Labute approximate surface area is 160 Å². The van der Waals surface area contributed by atoms with E-state index in [0.717, 1.165) is 16.2 Å². The van der Waals surface area contributed by atoms with Crippen molar-refractivity contribution in [3.63, 3.8) is 0 Å². The molecule has 0 bridgehead atoms. The second kappa shape index (κ2) is 8.95. The van der Waals surface area contributed by atoms with Crippen LogP contribution in [0, 0.1) is 0 Å². The van der Waals surface area contributed by atoms with Gasteiger partial charge in [0.15, 0.2) is 0 Å². The van der Waals surface area contributed by atoms with Crippen LogP contribution in [0.2, 0.25) is 0 Å². The Kier molecular flexibility index (Phi) is 6.92. The molecule has 2 rings (SSSR count). The summed E-state index contributed by atoms with van der Waals surface area (Å²) in [7, 11) is 1.63. The van der Waals surface area contributed by atoms with E-state index in [4.69, 9.17) is 9.47 Å². The first-order valence-corrected chi connectivity index (χ1v) is 9.43. The van der Waals surface area contributed by atoms with E-state index in [-0.39, 0.29) is 11.9 Å². The van der Waals surface area contributed by atoms with Crippen LogP contribution in [-0.4, -0.2) is 23.9 Å². The lowest BCUT2D eigenvalue weighted by Crippen LogP contribution is -2.33. The second-order valence-corrected chi connectivity index (χ2v) is 8.08. The number of allylic oxidation sites excluding steroid dienone is 1. The SMILES string of the molecule is C=C[C@H](c1ccccc1)[C@@H](Sc1ccccc1OC)C(=O)OC(C)(C)C. The molecule has 4 heteroatoms. The summed E-state index contributed by atoms with van der Waals surface area (Å²) in [6, 6.07) is 17.6. The van der Waals surface area contributed by atoms with Gasteiger partial charge in [-0.2, -0.15) is 0 Å². The lowest BCUT2D eigenvalue weighted by Gasteiger charge is -2.28. The fourth-order valence-corrected chi connectivity index (χ4v) is 3.85. The molecule has 0 saturated carbocycles. The Bertz CT molecular complexity index is 735. The molecule has 0 saturated heterocycles. The van der Waals surface area contributed by atoms with Crippen LogP contribution in [0.3, 0.4) is 0 Å². The van der Waals surface area contributed by atoms with Gasteiger partial charge in [-0.1, -0.05) is 48.5 Å². The van der Waals surface area contributed by atoms with Gasteiger partial charge in [0.2, 0.25) is 0 Å². The fraction of sp³-hybridized carbons (Fsp3) is 0.318. The van der Waals surface area contributed by atoms with Crippen molar-refractivity contribution in [1.82, 2.24) is 0 Å². The number of carbonyl (C=O) groups excluding carboxylic acids is 1. The number of benzene rings is 2. The lowest BCUT2D eigenvalue weighted by atomic mass is 9.95. The summed E-state index contributed by atoms with van der Waals surface area (Å²) in [4.78, 5) is 13.9. The van der Waals surface area contributed by atoms with Crippen LogP contribution in [0.5, 0.6) is 5.75 Å². The van der Waals surface area contributed by atoms with E-state index in [0.29, 0.717) is 0 Å². The summed E-state index contributed by atoms with van der Waals surface area (Å²) >= 11 is 1.45. The Balaban J connectivity index is 2.41. The average Bonchev–Trinajstić information content (AvgIpc) is 2.61. The smallest absolute Gasteiger partial charge is 0.320 e. The molecule has 138 valence electrons. The summed E-state index contributed by atoms with van der Waals surface area (Å²) in [5.41, 5.74) is 0.472. The first-order valence-electron chi connectivity index (χ1n) is 8.55. The molecule has 2 aromatic carbocycles. The molecule has 0 fully saturated rings. The highest BCUT2D eigenvalue weighted by Crippen LogP contribution is 2.39. The van der Waals surface area contributed by atoms with Crippen LogP contribution in [0.15, 0.2) is 72.1 Å². The summed E-state index contributed by atoms with van der Waals surface area (Å²) in [5, 5.41) is -0.467. The van der Waals surface area contributed by atoms with E-state index < -0.39 is 10.9 Å². The summed E-state index contributed by atoms with van der Waals surface area (Å²) < 4.78 is 11.1.